The summed E-state index contributed by atoms with van der Waals surface area (Å²) < 4.78 is 10.4. The van der Waals surface area contributed by atoms with E-state index in [9.17, 15) is 0 Å². The van der Waals surface area contributed by atoms with Crippen molar-refractivity contribution in [3.63, 3.8) is 0 Å². The van der Waals surface area contributed by atoms with Crippen LogP contribution in [0, 0.1) is 5.92 Å². The largest absolute Gasteiger partial charge is 0.707 e. The van der Waals surface area contributed by atoms with Crippen molar-refractivity contribution in [1.82, 2.24) is 0 Å². The molecule has 0 saturated carbocycles. The Hall–Kier alpha value is -1.46. The normalized spacial score (nSPS) is 11.7. The molecule has 21 heavy (non-hydrogen) atoms. The minimum atomic E-state index is -1.79. The fourth-order valence-electron chi connectivity index (χ4n) is 1.91. The van der Waals surface area contributed by atoms with Crippen LogP contribution in [0.4, 0.5) is 0 Å². The van der Waals surface area contributed by atoms with Gasteiger partial charge in [-0.1, -0.05) is 18.6 Å². The van der Waals surface area contributed by atoms with Crippen molar-refractivity contribution in [2.45, 2.75) is 40.0 Å². The molecule has 0 amide bonds. The molecule has 0 fully saturated rings. The smallest absolute Gasteiger partial charge is 0.512 e. The molecule has 0 aliphatic rings. The highest BCUT2D eigenvalue weighted by atomic mass is 16.6. The number of hydrogen-bond donors (Lipinski definition) is 2. The van der Waals surface area contributed by atoms with Crippen LogP contribution in [-0.4, -0.2) is 24.0 Å². The highest BCUT2D eigenvalue weighted by molar-refractivity contribution is 6.33. The van der Waals surface area contributed by atoms with E-state index in [1.165, 1.54) is 12.0 Å². The van der Waals surface area contributed by atoms with Crippen LogP contribution in [0.25, 0.3) is 0 Å². The van der Waals surface area contributed by atoms with Gasteiger partial charge in [0.05, 0.1) is 6.61 Å². The third kappa shape index (κ3) is 8.43. The van der Waals surface area contributed by atoms with Gasteiger partial charge in [0, 0.05) is 0 Å². The number of allylic oxidation sites excluding steroid dienone is 2. The maximum Gasteiger partial charge on any atom is 0.707 e. The van der Waals surface area contributed by atoms with Gasteiger partial charge in [0.2, 0.25) is 0 Å². The summed E-state index contributed by atoms with van der Waals surface area (Å²) >= 11 is 0. The average Bonchev–Trinajstić information content (AvgIpc) is 2.39. The first-order chi connectivity index (χ1) is 9.97. The molecule has 0 spiro atoms. The van der Waals surface area contributed by atoms with Crippen molar-refractivity contribution < 1.29 is 19.4 Å². The Morgan fingerprint density at radius 2 is 1.76 bits per heavy atom. The summed E-state index contributed by atoms with van der Waals surface area (Å²) in [6, 6.07) is 6.80. The molecule has 2 N–H and O–H groups in total. The summed E-state index contributed by atoms with van der Waals surface area (Å²) in [5.41, 5.74) is 1.37. The number of ether oxygens (including phenoxy) is 1. The van der Waals surface area contributed by atoms with Crippen LogP contribution in [0.15, 0.2) is 35.9 Å². The Balaban J connectivity index is 2.24. The van der Waals surface area contributed by atoms with Gasteiger partial charge in [0.15, 0.2) is 0 Å². The van der Waals surface area contributed by atoms with Gasteiger partial charge in [0.1, 0.15) is 11.5 Å². The number of benzene rings is 1. The van der Waals surface area contributed by atoms with E-state index in [4.69, 9.17) is 19.4 Å². The molecule has 0 bridgehead atoms. The predicted molar refractivity (Wildman–Crippen MR) is 85.2 cm³/mol. The third-order valence-electron chi connectivity index (χ3n) is 3.16. The first-order valence-corrected chi connectivity index (χ1v) is 7.36. The van der Waals surface area contributed by atoms with E-state index < -0.39 is 7.32 Å². The highest BCUT2D eigenvalue weighted by Crippen LogP contribution is 2.19. The summed E-state index contributed by atoms with van der Waals surface area (Å²) in [7, 11) is -1.79. The van der Waals surface area contributed by atoms with E-state index in [2.05, 4.69) is 26.8 Å². The standard InChI is InChI=1S/C16H25BO4/c1-13(2)5-4-6-14(3)11-12-20-15-7-9-16(10-8-15)21-17(18)19/h5,7-10,14,18-19H,4,6,11-12H2,1-3H3/t14-/m0/s1. The Morgan fingerprint density at radius 1 is 1.14 bits per heavy atom. The highest BCUT2D eigenvalue weighted by Gasteiger charge is 2.10. The molecule has 0 aromatic heterocycles. The van der Waals surface area contributed by atoms with Crippen molar-refractivity contribution in [2.75, 3.05) is 6.61 Å². The zero-order valence-electron chi connectivity index (χ0n) is 13.1. The van der Waals surface area contributed by atoms with E-state index in [1.807, 2.05) is 0 Å². The van der Waals surface area contributed by atoms with Gasteiger partial charge in [0.25, 0.3) is 0 Å². The molecule has 0 saturated heterocycles. The van der Waals surface area contributed by atoms with E-state index >= 15 is 0 Å². The average molecular weight is 292 g/mol. The fraction of sp³-hybridized carbons (Fsp3) is 0.500. The molecule has 5 heteroatoms. The molecule has 0 aliphatic carbocycles. The van der Waals surface area contributed by atoms with Gasteiger partial charge in [-0.25, -0.2) is 0 Å². The molecular weight excluding hydrogens is 267 g/mol. The van der Waals surface area contributed by atoms with Crippen LogP contribution in [0.2, 0.25) is 0 Å². The zero-order chi connectivity index (χ0) is 15.7. The van der Waals surface area contributed by atoms with E-state index in [1.54, 1.807) is 24.3 Å². The molecular formula is C16H25BO4. The second kappa shape index (κ2) is 9.48. The SMILES string of the molecule is CC(C)=CCC[C@H](C)CCOc1ccc(OB(O)O)cc1. The van der Waals surface area contributed by atoms with Crippen LogP contribution in [0.3, 0.4) is 0 Å². The lowest BCUT2D eigenvalue weighted by Crippen LogP contribution is -2.20. The van der Waals surface area contributed by atoms with Gasteiger partial charge < -0.3 is 19.4 Å². The lowest BCUT2D eigenvalue weighted by Gasteiger charge is -2.12. The molecule has 1 aromatic rings. The van der Waals surface area contributed by atoms with Gasteiger partial charge in [-0.3, -0.25) is 0 Å². The van der Waals surface area contributed by atoms with Gasteiger partial charge in [-0.05, 0) is 63.3 Å². The Bertz CT molecular complexity index is 424. The van der Waals surface area contributed by atoms with E-state index in [-0.39, 0.29) is 0 Å². The quantitative estimate of drug-likeness (QED) is 0.542. The Labute approximate surface area is 127 Å². The predicted octanol–water partition coefficient (Wildman–Crippen LogP) is 3.19. The van der Waals surface area contributed by atoms with Crippen LogP contribution < -0.4 is 9.39 Å². The summed E-state index contributed by atoms with van der Waals surface area (Å²) in [5, 5.41) is 17.4. The van der Waals surface area contributed by atoms with Crippen molar-refractivity contribution >= 4 is 7.32 Å². The topological polar surface area (TPSA) is 58.9 Å². The van der Waals surface area contributed by atoms with Gasteiger partial charge in [-0.15, -0.1) is 0 Å². The molecule has 1 atom stereocenters. The maximum atomic E-state index is 8.68. The van der Waals surface area contributed by atoms with Crippen molar-refractivity contribution in [3.05, 3.63) is 35.9 Å². The van der Waals surface area contributed by atoms with Gasteiger partial charge >= 0.3 is 7.32 Å². The van der Waals surface area contributed by atoms with E-state index in [0.29, 0.717) is 18.3 Å². The number of hydrogen-bond acceptors (Lipinski definition) is 4. The fourth-order valence-corrected chi connectivity index (χ4v) is 1.91. The summed E-state index contributed by atoms with van der Waals surface area (Å²) in [4.78, 5) is 0. The first kappa shape index (κ1) is 17.6. The maximum absolute atomic E-state index is 8.68. The second-order valence-electron chi connectivity index (χ2n) is 5.52. The van der Waals surface area contributed by atoms with Crippen molar-refractivity contribution in [2.24, 2.45) is 5.92 Å². The third-order valence-corrected chi connectivity index (χ3v) is 3.16. The van der Waals surface area contributed by atoms with Crippen molar-refractivity contribution in [1.29, 1.82) is 0 Å². The Morgan fingerprint density at radius 3 is 2.33 bits per heavy atom. The monoisotopic (exact) mass is 292 g/mol. The summed E-state index contributed by atoms with van der Waals surface area (Å²) in [6.07, 6.45) is 5.59. The van der Waals surface area contributed by atoms with Crippen LogP contribution in [0.5, 0.6) is 11.5 Å². The second-order valence-corrected chi connectivity index (χ2v) is 5.52. The molecule has 0 radical (unpaired) electrons. The van der Waals surface area contributed by atoms with Crippen LogP contribution in [0.1, 0.15) is 40.0 Å². The minimum Gasteiger partial charge on any atom is -0.512 e. The first-order valence-electron chi connectivity index (χ1n) is 7.36. The molecule has 0 unspecified atom stereocenters. The summed E-state index contributed by atoms with van der Waals surface area (Å²) in [6.45, 7) is 7.16. The number of rotatable bonds is 9. The Kier molecular flexibility index (Phi) is 7.94. The molecule has 4 nitrogen and oxygen atoms in total. The molecule has 1 aromatic carbocycles. The van der Waals surface area contributed by atoms with Gasteiger partial charge in [-0.2, -0.15) is 0 Å². The lowest BCUT2D eigenvalue weighted by atomic mass is 10.0. The zero-order valence-corrected chi connectivity index (χ0v) is 13.1. The molecule has 116 valence electrons. The summed E-state index contributed by atoms with van der Waals surface area (Å²) in [5.74, 6) is 1.78. The molecule has 0 heterocycles. The van der Waals surface area contributed by atoms with Crippen molar-refractivity contribution in [3.8, 4) is 11.5 Å². The minimum absolute atomic E-state index is 0.396. The molecule has 0 aliphatic heterocycles. The van der Waals surface area contributed by atoms with Crippen LogP contribution >= 0.6 is 0 Å². The van der Waals surface area contributed by atoms with Crippen LogP contribution in [-0.2, 0) is 0 Å². The molecule has 1 rings (SSSR count). The lowest BCUT2D eigenvalue weighted by molar-refractivity contribution is 0.277. The van der Waals surface area contributed by atoms with E-state index in [0.717, 1.165) is 18.6 Å².